The summed E-state index contributed by atoms with van der Waals surface area (Å²) in [6.45, 7) is 4.95. The predicted molar refractivity (Wildman–Crippen MR) is 150 cm³/mol. The molecule has 0 saturated heterocycles. The molecular formula is C29H28Cl2N4O. The molecule has 2 aromatic carbocycles. The number of fused-ring (bicyclic) bond motifs is 1. The first-order chi connectivity index (χ1) is 17.4. The molecular weight excluding hydrogens is 491 g/mol. The molecule has 1 aliphatic carbocycles. The summed E-state index contributed by atoms with van der Waals surface area (Å²) in [6, 6.07) is 13.8. The van der Waals surface area contributed by atoms with Gasteiger partial charge >= 0.3 is 0 Å². The van der Waals surface area contributed by atoms with Crippen LogP contribution in [0.15, 0.2) is 54.9 Å². The average molecular weight is 519 g/mol. The zero-order chi connectivity index (χ0) is 25.2. The Balaban J connectivity index is 1.56. The highest BCUT2D eigenvalue weighted by molar-refractivity contribution is 6.36. The molecule has 0 atom stereocenters. The third kappa shape index (κ3) is 5.18. The zero-order valence-corrected chi connectivity index (χ0v) is 21.9. The highest BCUT2D eigenvalue weighted by Gasteiger charge is 2.32. The summed E-state index contributed by atoms with van der Waals surface area (Å²) in [5.41, 5.74) is 5.66. The number of hydrogen-bond acceptors (Lipinski definition) is 5. The van der Waals surface area contributed by atoms with Gasteiger partial charge < -0.3 is 10.6 Å². The molecule has 2 N–H and O–H groups in total. The fraction of sp³-hybridized carbons (Fsp3) is 0.276. The molecule has 0 spiro atoms. The fourth-order valence-corrected chi connectivity index (χ4v) is 4.67. The minimum Gasteiger partial charge on any atom is -0.370 e. The number of benzene rings is 2. The van der Waals surface area contributed by atoms with Crippen molar-refractivity contribution in [2.45, 2.75) is 39.5 Å². The largest absolute Gasteiger partial charge is 0.370 e. The predicted octanol–water partition coefficient (Wildman–Crippen LogP) is 8.46. The molecule has 1 fully saturated rings. The lowest BCUT2D eigenvalue weighted by atomic mass is 9.98. The number of rotatable bonds is 9. The molecule has 0 aliphatic heterocycles. The first kappa shape index (κ1) is 24.5. The van der Waals surface area contributed by atoms with Crippen LogP contribution in [0.2, 0.25) is 10.0 Å². The van der Waals surface area contributed by atoms with Crippen molar-refractivity contribution in [2.24, 2.45) is 5.92 Å². The molecule has 0 radical (unpaired) electrons. The van der Waals surface area contributed by atoms with Crippen molar-refractivity contribution in [1.82, 2.24) is 9.97 Å². The summed E-state index contributed by atoms with van der Waals surface area (Å²) in [4.78, 5) is 22.4. The van der Waals surface area contributed by atoms with Crippen molar-refractivity contribution in [2.75, 3.05) is 17.2 Å². The van der Waals surface area contributed by atoms with Gasteiger partial charge in [0.15, 0.2) is 5.78 Å². The highest BCUT2D eigenvalue weighted by Crippen LogP contribution is 2.39. The zero-order valence-electron chi connectivity index (χ0n) is 20.4. The Morgan fingerprint density at radius 2 is 1.78 bits per heavy atom. The number of unbranched alkanes of at least 4 members (excludes halogenated alkanes) is 1. The number of anilines is 3. The number of halogens is 2. The Kier molecular flexibility index (Phi) is 7.13. The van der Waals surface area contributed by atoms with Crippen LogP contribution in [0.25, 0.3) is 22.0 Å². The monoisotopic (exact) mass is 518 g/mol. The molecule has 0 bridgehead atoms. The topological polar surface area (TPSA) is 66.9 Å². The molecule has 4 aromatic rings. The van der Waals surface area contributed by atoms with E-state index in [0.717, 1.165) is 77.0 Å². The van der Waals surface area contributed by atoms with Crippen LogP contribution in [0.1, 0.15) is 48.5 Å². The van der Waals surface area contributed by atoms with Crippen molar-refractivity contribution < 1.29 is 4.79 Å². The van der Waals surface area contributed by atoms with Gasteiger partial charge in [-0.2, -0.15) is 0 Å². The van der Waals surface area contributed by atoms with E-state index in [2.05, 4.69) is 27.5 Å². The van der Waals surface area contributed by atoms with E-state index >= 15 is 0 Å². The van der Waals surface area contributed by atoms with Gasteiger partial charge in [-0.25, -0.2) is 4.98 Å². The maximum atomic E-state index is 13.2. The van der Waals surface area contributed by atoms with Crippen LogP contribution in [0.4, 0.5) is 17.2 Å². The van der Waals surface area contributed by atoms with E-state index in [1.54, 1.807) is 12.4 Å². The summed E-state index contributed by atoms with van der Waals surface area (Å²) < 4.78 is 0. The number of pyridine rings is 2. The maximum absolute atomic E-state index is 13.2. The van der Waals surface area contributed by atoms with Crippen molar-refractivity contribution in [3.63, 3.8) is 0 Å². The molecule has 2 aromatic heterocycles. The lowest BCUT2D eigenvalue weighted by Crippen LogP contribution is -2.08. The molecule has 0 unspecified atom stereocenters. The number of aromatic nitrogens is 2. The number of Topliss-reactive ketones (excluding diaryl/α,β-unsaturated/α-hetero) is 1. The van der Waals surface area contributed by atoms with Gasteiger partial charge in [-0.05, 0) is 79.3 Å². The standard InChI is InChI=1S/C29H28Cl2N4O/c1-3-4-11-32-27-10-8-21(15-34-27)35-28-22-12-19(20-13-24(30)17(2)25(31)14-20)7-9-26(22)33-16-23(28)29(36)18-5-6-18/h7-10,12-16,18H,3-6,11H2,1-2H3,(H,32,34)(H,33,35). The van der Waals surface area contributed by atoms with E-state index in [1.807, 2.05) is 49.4 Å². The van der Waals surface area contributed by atoms with Gasteiger partial charge in [-0.3, -0.25) is 9.78 Å². The van der Waals surface area contributed by atoms with Gasteiger partial charge in [0.1, 0.15) is 5.82 Å². The van der Waals surface area contributed by atoms with Gasteiger partial charge in [-0.1, -0.05) is 42.6 Å². The molecule has 1 aliphatic rings. The van der Waals surface area contributed by atoms with Crippen molar-refractivity contribution in [3.05, 3.63) is 76.0 Å². The second kappa shape index (κ2) is 10.5. The number of carbonyl (C=O) groups is 1. The lowest BCUT2D eigenvalue weighted by molar-refractivity contribution is 0.0968. The first-order valence-corrected chi connectivity index (χ1v) is 13.1. The smallest absolute Gasteiger partial charge is 0.169 e. The van der Waals surface area contributed by atoms with Crippen LogP contribution >= 0.6 is 23.2 Å². The van der Waals surface area contributed by atoms with E-state index in [0.29, 0.717) is 15.6 Å². The fourth-order valence-electron chi connectivity index (χ4n) is 4.18. The van der Waals surface area contributed by atoms with Gasteiger partial charge in [0.05, 0.1) is 28.7 Å². The second-order valence-electron chi connectivity index (χ2n) is 9.32. The van der Waals surface area contributed by atoms with Crippen LogP contribution in [0.3, 0.4) is 0 Å². The molecule has 0 amide bonds. The summed E-state index contributed by atoms with van der Waals surface area (Å²) >= 11 is 12.8. The Hall–Kier alpha value is -3.15. The molecule has 5 nitrogen and oxygen atoms in total. The molecule has 2 heterocycles. The minimum atomic E-state index is 0.0750. The van der Waals surface area contributed by atoms with E-state index < -0.39 is 0 Å². The van der Waals surface area contributed by atoms with Crippen molar-refractivity contribution >= 4 is 57.1 Å². The molecule has 36 heavy (non-hydrogen) atoms. The summed E-state index contributed by atoms with van der Waals surface area (Å²) in [6.07, 6.45) is 7.56. The maximum Gasteiger partial charge on any atom is 0.169 e. The van der Waals surface area contributed by atoms with E-state index in [9.17, 15) is 4.79 Å². The third-order valence-corrected chi connectivity index (χ3v) is 7.35. The number of hydrogen-bond donors (Lipinski definition) is 2. The van der Waals surface area contributed by atoms with Crippen LogP contribution in [0.5, 0.6) is 0 Å². The van der Waals surface area contributed by atoms with Gasteiger partial charge in [0.25, 0.3) is 0 Å². The van der Waals surface area contributed by atoms with Gasteiger partial charge in [0, 0.05) is 34.1 Å². The molecule has 184 valence electrons. The Morgan fingerprint density at radius 1 is 1.00 bits per heavy atom. The van der Waals surface area contributed by atoms with Crippen LogP contribution in [0, 0.1) is 12.8 Å². The number of ketones is 1. The van der Waals surface area contributed by atoms with Crippen molar-refractivity contribution in [1.29, 1.82) is 0 Å². The third-order valence-electron chi connectivity index (χ3n) is 6.57. The number of nitrogens with one attached hydrogen (secondary N) is 2. The SMILES string of the molecule is CCCCNc1ccc(Nc2c(C(=O)C3CC3)cnc3ccc(-c4cc(Cl)c(C)c(Cl)c4)cc23)cn1. The highest BCUT2D eigenvalue weighted by atomic mass is 35.5. The van der Waals surface area contributed by atoms with Gasteiger partial charge in [0.2, 0.25) is 0 Å². The van der Waals surface area contributed by atoms with Crippen molar-refractivity contribution in [3.8, 4) is 11.1 Å². The number of nitrogens with zero attached hydrogens (tertiary/aromatic N) is 2. The molecule has 7 heteroatoms. The Bertz CT molecular complexity index is 1410. The van der Waals surface area contributed by atoms with E-state index in [4.69, 9.17) is 23.2 Å². The first-order valence-electron chi connectivity index (χ1n) is 12.3. The van der Waals surface area contributed by atoms with E-state index in [1.165, 1.54) is 0 Å². The van der Waals surface area contributed by atoms with Crippen LogP contribution in [-0.4, -0.2) is 22.3 Å². The van der Waals surface area contributed by atoms with Crippen LogP contribution < -0.4 is 10.6 Å². The van der Waals surface area contributed by atoms with E-state index in [-0.39, 0.29) is 11.7 Å². The summed E-state index contributed by atoms with van der Waals surface area (Å²) in [7, 11) is 0. The second-order valence-corrected chi connectivity index (χ2v) is 10.1. The lowest BCUT2D eigenvalue weighted by Gasteiger charge is -2.16. The quantitative estimate of drug-likeness (QED) is 0.172. The Morgan fingerprint density at radius 3 is 2.44 bits per heavy atom. The molecule has 5 rings (SSSR count). The minimum absolute atomic E-state index is 0.0750. The normalized spacial score (nSPS) is 13.1. The van der Waals surface area contributed by atoms with Gasteiger partial charge in [-0.15, -0.1) is 0 Å². The summed E-state index contributed by atoms with van der Waals surface area (Å²) in [5.74, 6) is 1.04. The molecule has 1 saturated carbocycles. The summed E-state index contributed by atoms with van der Waals surface area (Å²) in [5, 5.41) is 8.90. The average Bonchev–Trinajstić information content (AvgIpc) is 3.73. The number of carbonyl (C=O) groups excluding carboxylic acids is 1. The van der Waals surface area contributed by atoms with Crippen LogP contribution in [-0.2, 0) is 0 Å². The Labute approximate surface area is 221 Å².